The van der Waals surface area contributed by atoms with E-state index in [9.17, 15) is 4.79 Å². The average molecular weight is 204 g/mol. The van der Waals surface area contributed by atoms with Gasteiger partial charge >= 0.3 is 0 Å². The smallest absolute Gasteiger partial charge is 0.256 e. The molecule has 2 aliphatic heterocycles. The highest BCUT2D eigenvalue weighted by atomic mass is 16.5. The number of nitrogens with two attached hydrogens (primary N) is 1. The molecule has 78 valence electrons. The van der Waals surface area contributed by atoms with Crippen molar-refractivity contribution in [3.05, 3.63) is 24.3 Å². The maximum atomic E-state index is 11.8. The summed E-state index contributed by atoms with van der Waals surface area (Å²) >= 11 is 0. The second kappa shape index (κ2) is 2.97. The van der Waals surface area contributed by atoms with Crippen molar-refractivity contribution in [2.45, 2.75) is 18.6 Å². The number of nitrogen functional groups attached to an aromatic ring is 1. The Kier molecular flexibility index (Phi) is 1.73. The van der Waals surface area contributed by atoms with Gasteiger partial charge in [0.15, 0.2) is 0 Å². The summed E-state index contributed by atoms with van der Waals surface area (Å²) in [6, 6.07) is 7.63. The van der Waals surface area contributed by atoms with E-state index in [1.165, 1.54) is 0 Å². The van der Waals surface area contributed by atoms with Gasteiger partial charge in [-0.1, -0.05) is 6.07 Å². The van der Waals surface area contributed by atoms with Gasteiger partial charge in [0.05, 0.1) is 12.6 Å². The molecule has 1 aromatic rings. The number of amides is 1. The molecule has 4 nitrogen and oxygen atoms in total. The van der Waals surface area contributed by atoms with E-state index in [4.69, 9.17) is 10.5 Å². The van der Waals surface area contributed by atoms with Crippen LogP contribution in [-0.2, 0) is 9.53 Å². The van der Waals surface area contributed by atoms with Crippen LogP contribution >= 0.6 is 0 Å². The lowest BCUT2D eigenvalue weighted by Crippen LogP contribution is -2.41. The van der Waals surface area contributed by atoms with E-state index in [2.05, 4.69) is 0 Å². The molecule has 0 spiro atoms. The minimum atomic E-state index is -0.226. The lowest BCUT2D eigenvalue weighted by molar-refractivity contribution is -0.128. The van der Waals surface area contributed by atoms with Gasteiger partial charge in [-0.2, -0.15) is 0 Å². The predicted octanol–water partition coefficient (Wildman–Crippen LogP) is 0.773. The number of carbonyl (C=O) groups is 1. The molecule has 0 aromatic heterocycles. The molecule has 1 amide bonds. The molecule has 1 aromatic carbocycles. The summed E-state index contributed by atoms with van der Waals surface area (Å²) in [5.41, 5.74) is 7.27. The van der Waals surface area contributed by atoms with E-state index < -0.39 is 0 Å². The molecule has 2 aliphatic rings. The Hall–Kier alpha value is -1.55. The topological polar surface area (TPSA) is 55.6 Å². The number of nitrogens with zero attached hydrogens (tertiary/aromatic N) is 1. The average Bonchev–Trinajstić information content (AvgIpc) is 2.77. The maximum absolute atomic E-state index is 11.8. The van der Waals surface area contributed by atoms with E-state index in [1.807, 2.05) is 29.2 Å². The summed E-state index contributed by atoms with van der Waals surface area (Å²) in [6.45, 7) is 0.644. The normalized spacial score (nSPS) is 28.8. The van der Waals surface area contributed by atoms with Gasteiger partial charge in [-0.15, -0.1) is 0 Å². The molecule has 3 rings (SSSR count). The number of carbonyl (C=O) groups excluding carboxylic acids is 1. The number of fused-ring (bicyclic) bond motifs is 2. The zero-order chi connectivity index (χ0) is 10.4. The number of anilines is 2. The van der Waals surface area contributed by atoms with Crippen molar-refractivity contribution in [1.82, 2.24) is 0 Å². The van der Waals surface area contributed by atoms with Crippen molar-refractivity contribution in [3.8, 4) is 0 Å². The quantitative estimate of drug-likeness (QED) is 0.687. The zero-order valence-corrected chi connectivity index (χ0v) is 8.22. The number of morpholine rings is 1. The number of ether oxygens (including phenoxy) is 1. The van der Waals surface area contributed by atoms with Crippen molar-refractivity contribution in [2.75, 3.05) is 17.2 Å². The fourth-order valence-electron chi connectivity index (χ4n) is 2.31. The summed E-state index contributed by atoms with van der Waals surface area (Å²) < 4.78 is 5.32. The predicted molar refractivity (Wildman–Crippen MR) is 56.5 cm³/mol. The van der Waals surface area contributed by atoms with Crippen molar-refractivity contribution < 1.29 is 9.53 Å². The van der Waals surface area contributed by atoms with Crippen LogP contribution in [0.4, 0.5) is 11.4 Å². The summed E-state index contributed by atoms with van der Waals surface area (Å²) in [5.74, 6) is 0.0665. The van der Waals surface area contributed by atoms with E-state index >= 15 is 0 Å². The van der Waals surface area contributed by atoms with Crippen molar-refractivity contribution in [3.63, 3.8) is 0 Å². The maximum Gasteiger partial charge on any atom is 0.256 e. The second-order valence-electron chi connectivity index (χ2n) is 4.01. The Morgan fingerprint density at radius 2 is 2.33 bits per heavy atom. The Morgan fingerprint density at radius 3 is 3.00 bits per heavy atom. The van der Waals surface area contributed by atoms with Crippen LogP contribution in [0.1, 0.15) is 6.42 Å². The first-order chi connectivity index (χ1) is 7.25. The third-order valence-electron chi connectivity index (χ3n) is 3.00. The Morgan fingerprint density at radius 1 is 1.47 bits per heavy atom. The molecule has 2 atom stereocenters. The molecule has 0 saturated carbocycles. The van der Waals surface area contributed by atoms with Gasteiger partial charge in [-0.05, 0) is 18.2 Å². The van der Waals surface area contributed by atoms with Crippen LogP contribution < -0.4 is 10.6 Å². The second-order valence-corrected chi connectivity index (χ2v) is 4.01. The zero-order valence-electron chi connectivity index (χ0n) is 8.22. The van der Waals surface area contributed by atoms with Gasteiger partial charge in [0.25, 0.3) is 5.91 Å². The molecule has 15 heavy (non-hydrogen) atoms. The fraction of sp³-hybridized carbons (Fsp3) is 0.364. The fourth-order valence-corrected chi connectivity index (χ4v) is 2.31. The van der Waals surface area contributed by atoms with E-state index in [0.29, 0.717) is 12.3 Å². The first-order valence-corrected chi connectivity index (χ1v) is 5.06. The SMILES string of the molecule is Nc1cccc(N2C(=O)C3CC2CO3)c1. The lowest BCUT2D eigenvalue weighted by Gasteiger charge is -2.27. The molecular formula is C11H12N2O2. The molecule has 2 N–H and O–H groups in total. The first-order valence-electron chi connectivity index (χ1n) is 5.06. The van der Waals surface area contributed by atoms with Gasteiger partial charge in [0, 0.05) is 17.8 Å². The first kappa shape index (κ1) is 8.73. The van der Waals surface area contributed by atoms with Crippen LogP contribution in [0.3, 0.4) is 0 Å². The highest BCUT2D eigenvalue weighted by Crippen LogP contribution is 2.34. The van der Waals surface area contributed by atoms with Crippen molar-refractivity contribution in [1.29, 1.82) is 0 Å². The highest BCUT2D eigenvalue weighted by Gasteiger charge is 2.46. The summed E-state index contributed by atoms with van der Waals surface area (Å²) in [6.07, 6.45) is 0.588. The molecular weight excluding hydrogens is 192 g/mol. The molecule has 2 saturated heterocycles. The van der Waals surface area contributed by atoms with Gasteiger partial charge < -0.3 is 15.4 Å². The van der Waals surface area contributed by atoms with Crippen LogP contribution in [0.15, 0.2) is 24.3 Å². The third-order valence-corrected chi connectivity index (χ3v) is 3.00. The molecule has 0 radical (unpaired) electrons. The van der Waals surface area contributed by atoms with Crippen molar-refractivity contribution >= 4 is 17.3 Å². The molecule has 2 unspecified atom stereocenters. The molecule has 2 fully saturated rings. The Bertz CT molecular complexity index is 419. The summed E-state index contributed by atoms with van der Waals surface area (Å²) in [7, 11) is 0. The number of hydrogen-bond acceptors (Lipinski definition) is 3. The monoisotopic (exact) mass is 204 g/mol. The minimum absolute atomic E-state index is 0.0665. The Labute approximate surface area is 87.6 Å². The standard InChI is InChI=1S/C11H12N2O2/c12-7-2-1-3-8(4-7)13-9-5-10(11(13)14)15-6-9/h1-4,9-10H,5-6,12H2. The van der Waals surface area contributed by atoms with E-state index in [0.717, 1.165) is 12.1 Å². The van der Waals surface area contributed by atoms with Crippen LogP contribution in [0.5, 0.6) is 0 Å². The van der Waals surface area contributed by atoms with Gasteiger partial charge in [0.1, 0.15) is 6.10 Å². The van der Waals surface area contributed by atoms with Gasteiger partial charge in [0.2, 0.25) is 0 Å². The van der Waals surface area contributed by atoms with Crippen LogP contribution in [-0.4, -0.2) is 24.7 Å². The van der Waals surface area contributed by atoms with E-state index in [-0.39, 0.29) is 18.1 Å². The largest absolute Gasteiger partial charge is 0.399 e. The molecule has 4 heteroatoms. The molecule has 0 aliphatic carbocycles. The van der Waals surface area contributed by atoms with E-state index in [1.54, 1.807) is 0 Å². The van der Waals surface area contributed by atoms with Crippen LogP contribution in [0.25, 0.3) is 0 Å². The van der Waals surface area contributed by atoms with Gasteiger partial charge in [-0.3, -0.25) is 4.79 Å². The highest BCUT2D eigenvalue weighted by molar-refractivity contribution is 6.00. The molecule has 2 bridgehead atoms. The lowest BCUT2D eigenvalue weighted by atomic mass is 10.2. The van der Waals surface area contributed by atoms with Crippen LogP contribution in [0, 0.1) is 0 Å². The number of benzene rings is 1. The summed E-state index contributed by atoms with van der Waals surface area (Å²) in [5, 5.41) is 0. The molecule has 2 heterocycles. The van der Waals surface area contributed by atoms with Crippen molar-refractivity contribution in [2.24, 2.45) is 0 Å². The third kappa shape index (κ3) is 1.22. The van der Waals surface area contributed by atoms with Gasteiger partial charge in [-0.25, -0.2) is 0 Å². The minimum Gasteiger partial charge on any atom is -0.399 e. The number of hydrogen-bond donors (Lipinski definition) is 1. The number of rotatable bonds is 1. The summed E-state index contributed by atoms with van der Waals surface area (Å²) in [4.78, 5) is 13.6. The Balaban J connectivity index is 1.98. The van der Waals surface area contributed by atoms with Crippen LogP contribution in [0.2, 0.25) is 0 Å².